The first-order chi connectivity index (χ1) is 14.3. The zero-order valence-electron chi connectivity index (χ0n) is 16.9. The lowest BCUT2D eigenvalue weighted by Crippen LogP contribution is -2.33. The largest absolute Gasteiger partial charge is 0.486 e. The molecule has 9 heteroatoms. The molecule has 0 aliphatic heterocycles. The second-order valence-corrected chi connectivity index (χ2v) is 9.25. The minimum absolute atomic E-state index is 0.0925. The Labute approximate surface area is 175 Å². The van der Waals surface area contributed by atoms with E-state index in [1.54, 1.807) is 31.2 Å². The minimum Gasteiger partial charge on any atom is -0.486 e. The Morgan fingerprint density at radius 1 is 1.13 bits per heavy atom. The lowest BCUT2D eigenvalue weighted by atomic mass is 10.1. The number of benzene rings is 1. The molecule has 1 aliphatic carbocycles. The second kappa shape index (κ2) is 9.34. The highest BCUT2D eigenvalue weighted by Gasteiger charge is 2.32. The molecule has 1 fully saturated rings. The summed E-state index contributed by atoms with van der Waals surface area (Å²) in [6.07, 6.45) is 3.11. The molecular formula is C21H25NO7S. The van der Waals surface area contributed by atoms with Crippen molar-refractivity contribution in [1.82, 2.24) is 5.32 Å². The maximum atomic E-state index is 12.4. The van der Waals surface area contributed by atoms with Gasteiger partial charge in [0.25, 0.3) is 5.91 Å². The number of esters is 1. The monoisotopic (exact) mass is 435 g/mol. The highest BCUT2D eigenvalue weighted by Crippen LogP contribution is 2.27. The quantitative estimate of drug-likeness (QED) is 0.635. The van der Waals surface area contributed by atoms with Crippen molar-refractivity contribution in [3.05, 3.63) is 47.9 Å². The first kappa shape index (κ1) is 21.9. The number of hydrogen-bond acceptors (Lipinski definition) is 7. The molecule has 8 nitrogen and oxygen atoms in total. The highest BCUT2D eigenvalue weighted by molar-refractivity contribution is 7.90. The smallest absolute Gasteiger partial charge is 0.308 e. The maximum Gasteiger partial charge on any atom is 0.308 e. The number of hydrogen-bond donors (Lipinski definition) is 1. The van der Waals surface area contributed by atoms with Crippen LogP contribution in [0.25, 0.3) is 0 Å². The van der Waals surface area contributed by atoms with Crippen LogP contribution in [-0.4, -0.2) is 39.2 Å². The van der Waals surface area contributed by atoms with Gasteiger partial charge in [-0.05, 0) is 62.6 Å². The van der Waals surface area contributed by atoms with Crippen LogP contribution < -0.4 is 10.1 Å². The normalized spacial score (nSPS) is 18.7. The Hall–Kier alpha value is -2.81. The standard InChI is InChI=1S/C21H25NO7S/c1-3-27-21(24)14-4-5-15(12-14)22-20(23)19-11-8-17(29-19)13-28-16-6-9-18(10-7-16)30(2,25)26/h6-11,14-15H,3-5,12-13H2,1-2H3,(H,22,23). The summed E-state index contributed by atoms with van der Waals surface area (Å²) in [5, 5.41) is 2.89. The Bertz CT molecular complexity index is 995. The summed E-state index contributed by atoms with van der Waals surface area (Å²) in [6, 6.07) is 9.19. The van der Waals surface area contributed by atoms with Crippen molar-refractivity contribution in [2.45, 2.75) is 43.7 Å². The summed E-state index contributed by atoms with van der Waals surface area (Å²) in [5.41, 5.74) is 0. The molecule has 1 amide bonds. The van der Waals surface area contributed by atoms with Gasteiger partial charge in [0.05, 0.1) is 17.4 Å². The first-order valence-electron chi connectivity index (χ1n) is 9.75. The molecule has 2 unspecified atom stereocenters. The van der Waals surface area contributed by atoms with Crippen LogP contribution in [0.4, 0.5) is 0 Å². The molecule has 0 spiro atoms. The van der Waals surface area contributed by atoms with Crippen LogP contribution >= 0.6 is 0 Å². The van der Waals surface area contributed by atoms with Gasteiger partial charge in [-0.2, -0.15) is 0 Å². The second-order valence-electron chi connectivity index (χ2n) is 7.23. The van der Waals surface area contributed by atoms with Gasteiger partial charge in [-0.3, -0.25) is 9.59 Å². The number of carbonyl (C=O) groups excluding carboxylic acids is 2. The van der Waals surface area contributed by atoms with Gasteiger partial charge in [-0.1, -0.05) is 0 Å². The Balaban J connectivity index is 1.50. The van der Waals surface area contributed by atoms with Crippen molar-refractivity contribution in [2.24, 2.45) is 5.92 Å². The van der Waals surface area contributed by atoms with E-state index in [4.69, 9.17) is 13.9 Å². The zero-order chi connectivity index (χ0) is 21.7. The number of amides is 1. The van der Waals surface area contributed by atoms with E-state index in [0.717, 1.165) is 12.7 Å². The van der Waals surface area contributed by atoms with Crippen LogP contribution in [0.15, 0.2) is 45.7 Å². The molecule has 2 aromatic rings. The van der Waals surface area contributed by atoms with Gasteiger partial charge in [0, 0.05) is 12.3 Å². The molecule has 0 saturated heterocycles. The number of sulfone groups is 1. The van der Waals surface area contributed by atoms with Crippen LogP contribution in [0.1, 0.15) is 42.5 Å². The third-order valence-corrected chi connectivity index (χ3v) is 6.03. The fourth-order valence-electron chi connectivity index (χ4n) is 3.36. The van der Waals surface area contributed by atoms with Crippen molar-refractivity contribution in [1.29, 1.82) is 0 Å². The summed E-state index contributed by atoms with van der Waals surface area (Å²) in [5.74, 6) is 0.388. The van der Waals surface area contributed by atoms with Gasteiger partial charge >= 0.3 is 5.97 Å². The zero-order valence-corrected chi connectivity index (χ0v) is 17.7. The number of rotatable bonds is 8. The van der Waals surface area contributed by atoms with Crippen LogP contribution in [-0.2, 0) is 26.0 Å². The molecule has 1 aliphatic rings. The Kier molecular flexibility index (Phi) is 6.81. The van der Waals surface area contributed by atoms with Crippen molar-refractivity contribution < 1.29 is 31.9 Å². The van der Waals surface area contributed by atoms with E-state index in [1.807, 2.05) is 0 Å². The Morgan fingerprint density at radius 2 is 1.87 bits per heavy atom. The van der Waals surface area contributed by atoms with Gasteiger partial charge in [-0.15, -0.1) is 0 Å². The predicted molar refractivity (Wildman–Crippen MR) is 108 cm³/mol. The molecule has 2 atom stereocenters. The lowest BCUT2D eigenvalue weighted by Gasteiger charge is -2.12. The van der Waals surface area contributed by atoms with E-state index in [-0.39, 0.29) is 41.1 Å². The summed E-state index contributed by atoms with van der Waals surface area (Å²) in [7, 11) is -3.26. The average molecular weight is 435 g/mol. The van der Waals surface area contributed by atoms with E-state index in [9.17, 15) is 18.0 Å². The molecular weight excluding hydrogens is 410 g/mol. The molecule has 0 radical (unpaired) electrons. The summed E-state index contributed by atoms with van der Waals surface area (Å²) >= 11 is 0. The SMILES string of the molecule is CCOC(=O)C1CCC(NC(=O)c2ccc(COc3ccc(S(C)(=O)=O)cc3)o2)C1. The topological polar surface area (TPSA) is 112 Å². The van der Waals surface area contributed by atoms with Gasteiger partial charge < -0.3 is 19.2 Å². The van der Waals surface area contributed by atoms with E-state index >= 15 is 0 Å². The van der Waals surface area contributed by atoms with Crippen molar-refractivity contribution >= 4 is 21.7 Å². The van der Waals surface area contributed by atoms with E-state index in [1.165, 1.54) is 12.1 Å². The summed E-state index contributed by atoms with van der Waals surface area (Å²) < 4.78 is 39.1. The van der Waals surface area contributed by atoms with E-state index in [0.29, 0.717) is 31.0 Å². The van der Waals surface area contributed by atoms with Gasteiger partial charge in [-0.25, -0.2) is 8.42 Å². The molecule has 1 aromatic heterocycles. The molecule has 1 saturated carbocycles. The van der Waals surface area contributed by atoms with Crippen molar-refractivity contribution in [2.75, 3.05) is 12.9 Å². The third kappa shape index (κ3) is 5.63. The number of nitrogens with one attached hydrogen (secondary N) is 1. The van der Waals surface area contributed by atoms with Crippen molar-refractivity contribution in [3.63, 3.8) is 0 Å². The fourth-order valence-corrected chi connectivity index (χ4v) is 3.99. The predicted octanol–water partition coefficient (Wildman–Crippen LogP) is 2.72. The van der Waals surface area contributed by atoms with Crippen molar-refractivity contribution in [3.8, 4) is 5.75 Å². The molecule has 1 heterocycles. The van der Waals surface area contributed by atoms with Crippen LogP contribution in [0, 0.1) is 5.92 Å². The number of ether oxygens (including phenoxy) is 2. The maximum absolute atomic E-state index is 12.4. The minimum atomic E-state index is -3.26. The first-order valence-corrected chi connectivity index (χ1v) is 11.6. The molecule has 30 heavy (non-hydrogen) atoms. The number of carbonyl (C=O) groups is 2. The third-order valence-electron chi connectivity index (χ3n) is 4.91. The number of furan rings is 1. The molecule has 1 N–H and O–H groups in total. The van der Waals surface area contributed by atoms with Gasteiger partial charge in [0.15, 0.2) is 15.6 Å². The molecule has 3 rings (SSSR count). The molecule has 162 valence electrons. The summed E-state index contributed by atoms with van der Waals surface area (Å²) in [4.78, 5) is 24.4. The van der Waals surface area contributed by atoms with Gasteiger partial charge in [0.2, 0.25) is 0 Å². The van der Waals surface area contributed by atoms with E-state index in [2.05, 4.69) is 5.32 Å². The van der Waals surface area contributed by atoms with Crippen LogP contribution in [0.5, 0.6) is 5.75 Å². The summed E-state index contributed by atoms with van der Waals surface area (Å²) in [6.45, 7) is 2.22. The highest BCUT2D eigenvalue weighted by atomic mass is 32.2. The average Bonchev–Trinajstić information content (AvgIpc) is 3.36. The fraction of sp³-hybridized carbons (Fsp3) is 0.429. The van der Waals surface area contributed by atoms with Crippen LogP contribution in [0.2, 0.25) is 0 Å². The van der Waals surface area contributed by atoms with Gasteiger partial charge in [0.1, 0.15) is 18.1 Å². The molecule has 1 aromatic carbocycles. The lowest BCUT2D eigenvalue weighted by molar-refractivity contribution is -0.147. The van der Waals surface area contributed by atoms with E-state index < -0.39 is 9.84 Å². The Morgan fingerprint density at radius 3 is 2.53 bits per heavy atom. The molecule has 0 bridgehead atoms. The van der Waals surface area contributed by atoms with Crippen LogP contribution in [0.3, 0.4) is 0 Å².